The van der Waals surface area contributed by atoms with Gasteiger partial charge < -0.3 is 4.74 Å². The lowest BCUT2D eigenvalue weighted by Gasteiger charge is -2.15. The topological polar surface area (TPSA) is 88.6 Å². The first-order valence-corrected chi connectivity index (χ1v) is 12.7. The van der Waals surface area contributed by atoms with Gasteiger partial charge in [-0.3, -0.25) is 10.1 Å². The van der Waals surface area contributed by atoms with Gasteiger partial charge in [0.05, 0.1) is 17.8 Å². The second-order valence-corrected chi connectivity index (χ2v) is 10.7. The molecule has 3 aromatic rings. The largest absolute Gasteiger partial charge is 0.495 e. The third-order valence-electron chi connectivity index (χ3n) is 4.69. The van der Waals surface area contributed by atoms with Gasteiger partial charge in [-0.05, 0) is 42.5 Å². The van der Waals surface area contributed by atoms with Crippen LogP contribution < -0.4 is 10.1 Å². The van der Waals surface area contributed by atoms with Crippen LogP contribution in [0.25, 0.3) is 11.3 Å². The van der Waals surface area contributed by atoms with Gasteiger partial charge in [-0.25, -0.2) is 13.4 Å². The number of ether oxygens (including phenoxy) is 1. The van der Waals surface area contributed by atoms with E-state index in [1.54, 1.807) is 30.0 Å². The van der Waals surface area contributed by atoms with E-state index in [2.05, 4.69) is 10.3 Å². The average molecular weight is 484 g/mol. The van der Waals surface area contributed by atoms with E-state index in [4.69, 9.17) is 16.3 Å². The van der Waals surface area contributed by atoms with Crippen LogP contribution in [0.2, 0.25) is 5.02 Å². The number of thiophene rings is 1. The standard InChI is InChI=1S/C19H18ClN3O4S3/c1-27-15-5-4-12(10-13(15)20)14-11-29-19(21-14)22-18(24)17-16(6-9-28-17)30(25,26)23-7-2-3-8-23/h4-6,9-11H,2-3,7-8H2,1H3,(H,21,22,24). The number of hydrogen-bond acceptors (Lipinski definition) is 7. The van der Waals surface area contributed by atoms with Crippen LogP contribution in [-0.4, -0.2) is 43.8 Å². The van der Waals surface area contributed by atoms with Crippen LogP contribution in [-0.2, 0) is 10.0 Å². The van der Waals surface area contributed by atoms with Crippen LogP contribution in [0, 0.1) is 0 Å². The van der Waals surface area contributed by atoms with E-state index < -0.39 is 15.9 Å². The Morgan fingerprint density at radius 1 is 1.23 bits per heavy atom. The maximum Gasteiger partial charge on any atom is 0.268 e. The van der Waals surface area contributed by atoms with Crippen molar-refractivity contribution in [2.24, 2.45) is 0 Å². The van der Waals surface area contributed by atoms with Gasteiger partial charge >= 0.3 is 0 Å². The van der Waals surface area contributed by atoms with Crippen molar-refractivity contribution in [2.45, 2.75) is 17.7 Å². The maximum absolute atomic E-state index is 12.9. The fourth-order valence-electron chi connectivity index (χ4n) is 3.18. The molecule has 1 aliphatic rings. The molecule has 2 aromatic heterocycles. The molecule has 3 heterocycles. The molecule has 0 spiro atoms. The minimum atomic E-state index is -3.67. The van der Waals surface area contributed by atoms with Crippen molar-refractivity contribution < 1.29 is 17.9 Å². The summed E-state index contributed by atoms with van der Waals surface area (Å²) in [5.41, 5.74) is 1.43. The fourth-order valence-corrected chi connectivity index (χ4v) is 6.96. The number of sulfonamides is 1. The summed E-state index contributed by atoms with van der Waals surface area (Å²) in [6.45, 7) is 0.971. The molecule has 0 atom stereocenters. The monoisotopic (exact) mass is 483 g/mol. The molecule has 11 heteroatoms. The van der Waals surface area contributed by atoms with Crippen LogP contribution in [0.15, 0.2) is 39.9 Å². The van der Waals surface area contributed by atoms with Gasteiger partial charge in [0.2, 0.25) is 10.0 Å². The first-order chi connectivity index (χ1) is 14.4. The maximum atomic E-state index is 12.9. The number of nitrogens with zero attached hydrogens (tertiary/aromatic N) is 2. The van der Waals surface area contributed by atoms with Crippen molar-refractivity contribution in [3.05, 3.63) is 44.9 Å². The Morgan fingerprint density at radius 2 is 2.00 bits per heavy atom. The average Bonchev–Trinajstić information content (AvgIpc) is 3.48. The van der Waals surface area contributed by atoms with Crippen molar-refractivity contribution in [1.29, 1.82) is 0 Å². The Bertz CT molecular complexity index is 1180. The molecule has 0 unspecified atom stereocenters. The third-order valence-corrected chi connectivity index (χ3v) is 8.73. The van der Waals surface area contributed by atoms with Crippen molar-refractivity contribution in [2.75, 3.05) is 25.5 Å². The summed E-state index contributed by atoms with van der Waals surface area (Å²) in [4.78, 5) is 17.4. The first-order valence-electron chi connectivity index (χ1n) is 9.08. The van der Waals surface area contributed by atoms with Crippen LogP contribution >= 0.6 is 34.3 Å². The predicted octanol–water partition coefficient (Wildman–Crippen LogP) is 4.57. The van der Waals surface area contributed by atoms with E-state index in [0.717, 1.165) is 29.7 Å². The molecule has 0 saturated carbocycles. The fraction of sp³-hybridized carbons (Fsp3) is 0.263. The van der Waals surface area contributed by atoms with Gasteiger partial charge in [0, 0.05) is 24.0 Å². The SMILES string of the molecule is COc1ccc(-c2csc(NC(=O)c3sccc3S(=O)(=O)N3CCCC3)n2)cc1Cl. The second-order valence-electron chi connectivity index (χ2n) is 6.57. The highest BCUT2D eigenvalue weighted by molar-refractivity contribution is 7.89. The smallest absolute Gasteiger partial charge is 0.268 e. The zero-order chi connectivity index (χ0) is 21.3. The minimum Gasteiger partial charge on any atom is -0.495 e. The number of carbonyl (C=O) groups excluding carboxylic acids is 1. The second kappa shape index (κ2) is 8.64. The number of nitrogens with one attached hydrogen (secondary N) is 1. The number of amides is 1. The van der Waals surface area contributed by atoms with Gasteiger partial charge in [-0.2, -0.15) is 4.31 Å². The van der Waals surface area contributed by atoms with E-state index in [0.29, 0.717) is 34.7 Å². The molecule has 4 rings (SSSR count). The Labute approximate surface area is 187 Å². The molecule has 1 fully saturated rings. The van der Waals surface area contributed by atoms with E-state index in [-0.39, 0.29) is 9.77 Å². The molecule has 0 radical (unpaired) electrons. The number of hydrogen-bond donors (Lipinski definition) is 1. The Kier molecular flexibility index (Phi) is 6.12. The Morgan fingerprint density at radius 3 is 2.70 bits per heavy atom. The van der Waals surface area contributed by atoms with Crippen molar-refractivity contribution >= 4 is 55.3 Å². The molecule has 1 amide bonds. The molecule has 0 bridgehead atoms. The van der Waals surface area contributed by atoms with E-state index in [1.807, 2.05) is 6.07 Å². The van der Waals surface area contributed by atoms with E-state index >= 15 is 0 Å². The zero-order valence-electron chi connectivity index (χ0n) is 15.9. The highest BCUT2D eigenvalue weighted by Crippen LogP contribution is 2.33. The lowest BCUT2D eigenvalue weighted by atomic mass is 10.2. The molecule has 1 aliphatic heterocycles. The van der Waals surface area contributed by atoms with Gasteiger partial charge in [-0.1, -0.05) is 11.6 Å². The Hall–Kier alpha value is -1.98. The number of methoxy groups -OCH3 is 1. The van der Waals surface area contributed by atoms with Gasteiger partial charge in [-0.15, -0.1) is 22.7 Å². The number of thiazole rings is 1. The third kappa shape index (κ3) is 4.10. The normalized spacial score (nSPS) is 14.7. The molecule has 0 aliphatic carbocycles. The van der Waals surface area contributed by atoms with Crippen LogP contribution in [0.3, 0.4) is 0 Å². The minimum absolute atomic E-state index is 0.0469. The zero-order valence-corrected chi connectivity index (χ0v) is 19.1. The summed E-state index contributed by atoms with van der Waals surface area (Å²) < 4.78 is 32.3. The molecule has 158 valence electrons. The van der Waals surface area contributed by atoms with Crippen molar-refractivity contribution in [3.63, 3.8) is 0 Å². The number of aromatic nitrogens is 1. The molecular formula is C19H18ClN3O4S3. The number of halogens is 1. The molecule has 1 N–H and O–H groups in total. The van der Waals surface area contributed by atoms with Crippen LogP contribution in [0.4, 0.5) is 5.13 Å². The molecule has 1 saturated heterocycles. The van der Waals surface area contributed by atoms with E-state index in [1.165, 1.54) is 21.7 Å². The lowest BCUT2D eigenvalue weighted by Crippen LogP contribution is -2.29. The highest BCUT2D eigenvalue weighted by Gasteiger charge is 2.32. The number of anilines is 1. The van der Waals surface area contributed by atoms with Crippen LogP contribution in [0.1, 0.15) is 22.5 Å². The number of rotatable bonds is 6. The van der Waals surface area contributed by atoms with Crippen molar-refractivity contribution in [1.82, 2.24) is 9.29 Å². The number of benzene rings is 1. The summed E-state index contributed by atoms with van der Waals surface area (Å²) in [6, 6.07) is 6.79. The van der Waals surface area contributed by atoms with Gasteiger partial charge in [0.15, 0.2) is 5.13 Å². The molecule has 30 heavy (non-hydrogen) atoms. The van der Waals surface area contributed by atoms with Gasteiger partial charge in [0.1, 0.15) is 15.5 Å². The first kappa shape index (κ1) is 21.3. The summed E-state index contributed by atoms with van der Waals surface area (Å²) in [5.74, 6) is 0.0741. The summed E-state index contributed by atoms with van der Waals surface area (Å²) in [6.07, 6.45) is 1.67. The summed E-state index contributed by atoms with van der Waals surface area (Å²) in [7, 11) is -2.13. The molecule has 1 aromatic carbocycles. The van der Waals surface area contributed by atoms with Crippen LogP contribution in [0.5, 0.6) is 5.75 Å². The predicted molar refractivity (Wildman–Crippen MR) is 119 cm³/mol. The number of carbonyl (C=O) groups is 1. The summed E-state index contributed by atoms with van der Waals surface area (Å²) >= 11 is 8.52. The quantitative estimate of drug-likeness (QED) is 0.554. The Balaban J connectivity index is 1.54. The van der Waals surface area contributed by atoms with Gasteiger partial charge in [0.25, 0.3) is 5.91 Å². The van der Waals surface area contributed by atoms with Crippen molar-refractivity contribution in [3.8, 4) is 17.0 Å². The molecule has 7 nitrogen and oxygen atoms in total. The lowest BCUT2D eigenvalue weighted by molar-refractivity contribution is 0.102. The van der Waals surface area contributed by atoms with E-state index in [9.17, 15) is 13.2 Å². The summed E-state index contributed by atoms with van der Waals surface area (Å²) in [5, 5.41) is 6.96. The highest BCUT2D eigenvalue weighted by atomic mass is 35.5. The molecular weight excluding hydrogens is 466 g/mol.